The first kappa shape index (κ1) is 12.9. The maximum atomic E-state index is 5.75. The lowest BCUT2D eigenvalue weighted by molar-refractivity contribution is 0.476. The van der Waals surface area contributed by atoms with Crippen molar-refractivity contribution in [3.8, 4) is 11.5 Å². The molecule has 0 atom stereocenters. The first-order valence-corrected chi connectivity index (χ1v) is 6.94. The van der Waals surface area contributed by atoms with Crippen molar-refractivity contribution in [2.75, 3.05) is 0 Å². The van der Waals surface area contributed by atoms with Crippen molar-refractivity contribution in [1.29, 1.82) is 0 Å². The number of halogens is 3. The summed E-state index contributed by atoms with van der Waals surface area (Å²) in [6.45, 7) is 0. The van der Waals surface area contributed by atoms with Gasteiger partial charge in [0.25, 0.3) is 0 Å². The van der Waals surface area contributed by atoms with E-state index in [0.29, 0.717) is 11.6 Å². The van der Waals surface area contributed by atoms with E-state index in [0.717, 1.165) is 20.3 Å². The van der Waals surface area contributed by atoms with Crippen molar-refractivity contribution in [3.63, 3.8) is 0 Å². The second-order valence-corrected chi connectivity index (χ2v) is 5.38. The predicted octanol–water partition coefficient (Wildman–Crippen LogP) is 5.14. The molecule has 17 heavy (non-hydrogen) atoms. The van der Waals surface area contributed by atoms with Crippen molar-refractivity contribution in [2.45, 2.75) is 5.88 Å². The first-order chi connectivity index (χ1) is 8.19. The van der Waals surface area contributed by atoms with E-state index in [1.165, 1.54) is 0 Å². The number of alkyl halides is 1. The molecule has 5 heteroatoms. The number of rotatable bonds is 3. The fourth-order valence-electron chi connectivity index (χ4n) is 1.29. The molecule has 1 heterocycles. The van der Waals surface area contributed by atoms with Crippen LogP contribution in [0.2, 0.25) is 0 Å². The zero-order chi connectivity index (χ0) is 12.3. The molecule has 0 N–H and O–H groups in total. The summed E-state index contributed by atoms with van der Waals surface area (Å²) in [5, 5.41) is 0. The van der Waals surface area contributed by atoms with E-state index in [2.05, 4.69) is 36.8 Å². The Morgan fingerprint density at radius 1 is 1.18 bits per heavy atom. The van der Waals surface area contributed by atoms with Crippen molar-refractivity contribution in [2.24, 2.45) is 0 Å². The van der Waals surface area contributed by atoms with E-state index in [1.807, 2.05) is 24.3 Å². The summed E-state index contributed by atoms with van der Waals surface area (Å²) in [6, 6.07) is 7.60. The second-order valence-electron chi connectivity index (χ2n) is 3.34. The number of nitrogens with zero attached hydrogens (tertiary/aromatic N) is 1. The Bertz CT molecular complexity index is 534. The van der Waals surface area contributed by atoms with Crippen LogP contribution in [0.25, 0.3) is 0 Å². The van der Waals surface area contributed by atoms with Gasteiger partial charge >= 0.3 is 0 Å². The SMILES string of the molecule is ClCc1ccc(Oc2cncc(Br)c2)c(Br)c1. The van der Waals surface area contributed by atoms with Crippen molar-refractivity contribution in [3.05, 3.63) is 51.2 Å². The zero-order valence-electron chi connectivity index (χ0n) is 8.66. The first-order valence-electron chi connectivity index (χ1n) is 4.82. The van der Waals surface area contributed by atoms with Gasteiger partial charge in [0, 0.05) is 16.5 Å². The van der Waals surface area contributed by atoms with Gasteiger partial charge in [0.2, 0.25) is 0 Å². The highest BCUT2D eigenvalue weighted by Gasteiger charge is 2.04. The second kappa shape index (κ2) is 5.85. The molecule has 0 radical (unpaired) electrons. The van der Waals surface area contributed by atoms with E-state index < -0.39 is 0 Å². The Morgan fingerprint density at radius 3 is 2.65 bits per heavy atom. The third-order valence-corrected chi connectivity index (χ3v) is 3.42. The van der Waals surface area contributed by atoms with Gasteiger partial charge in [0.15, 0.2) is 0 Å². The molecule has 0 saturated carbocycles. The lowest BCUT2D eigenvalue weighted by Crippen LogP contribution is -1.88. The van der Waals surface area contributed by atoms with Gasteiger partial charge in [-0.25, -0.2) is 0 Å². The summed E-state index contributed by atoms with van der Waals surface area (Å²) >= 11 is 12.5. The minimum Gasteiger partial charge on any atom is -0.455 e. The van der Waals surface area contributed by atoms with Crippen LogP contribution in [0.4, 0.5) is 0 Å². The molecule has 2 rings (SSSR count). The molecule has 0 aliphatic rings. The molecule has 0 spiro atoms. The van der Waals surface area contributed by atoms with Gasteiger partial charge in [-0.15, -0.1) is 11.6 Å². The molecule has 0 unspecified atom stereocenters. The number of hydrogen-bond donors (Lipinski definition) is 0. The van der Waals surface area contributed by atoms with Crippen LogP contribution < -0.4 is 4.74 Å². The summed E-state index contributed by atoms with van der Waals surface area (Å²) in [5.41, 5.74) is 1.04. The van der Waals surface area contributed by atoms with Gasteiger partial charge in [-0.2, -0.15) is 0 Å². The number of ether oxygens (including phenoxy) is 1. The van der Waals surface area contributed by atoms with E-state index in [9.17, 15) is 0 Å². The molecule has 2 aromatic rings. The van der Waals surface area contributed by atoms with Gasteiger partial charge in [-0.3, -0.25) is 4.98 Å². The molecule has 0 aliphatic carbocycles. The Kier molecular flexibility index (Phi) is 4.42. The smallest absolute Gasteiger partial charge is 0.146 e. The van der Waals surface area contributed by atoms with E-state index in [-0.39, 0.29) is 0 Å². The van der Waals surface area contributed by atoms with Gasteiger partial charge in [0.05, 0.1) is 10.7 Å². The van der Waals surface area contributed by atoms with Crippen molar-refractivity contribution >= 4 is 43.5 Å². The zero-order valence-corrected chi connectivity index (χ0v) is 12.6. The highest BCUT2D eigenvalue weighted by atomic mass is 79.9. The third kappa shape index (κ3) is 3.44. The average Bonchev–Trinajstić information content (AvgIpc) is 2.32. The van der Waals surface area contributed by atoms with E-state index >= 15 is 0 Å². The van der Waals surface area contributed by atoms with Crippen LogP contribution in [0, 0.1) is 0 Å². The monoisotopic (exact) mass is 375 g/mol. The van der Waals surface area contributed by atoms with Gasteiger partial charge < -0.3 is 4.74 Å². The third-order valence-electron chi connectivity index (χ3n) is 2.06. The molecular formula is C12H8Br2ClNO. The highest BCUT2D eigenvalue weighted by molar-refractivity contribution is 9.10. The molecule has 0 fully saturated rings. The largest absolute Gasteiger partial charge is 0.455 e. The van der Waals surface area contributed by atoms with E-state index in [1.54, 1.807) is 12.4 Å². The van der Waals surface area contributed by atoms with Crippen LogP contribution in [-0.2, 0) is 5.88 Å². The van der Waals surface area contributed by atoms with Crippen LogP contribution >= 0.6 is 43.5 Å². The van der Waals surface area contributed by atoms with Crippen LogP contribution in [0.1, 0.15) is 5.56 Å². The summed E-state index contributed by atoms with van der Waals surface area (Å²) in [4.78, 5) is 4.04. The fraction of sp³-hybridized carbons (Fsp3) is 0.0833. The van der Waals surface area contributed by atoms with Crippen LogP contribution in [-0.4, -0.2) is 4.98 Å². The quantitative estimate of drug-likeness (QED) is 0.691. The summed E-state index contributed by atoms with van der Waals surface area (Å²) in [5.74, 6) is 1.90. The molecule has 0 saturated heterocycles. The van der Waals surface area contributed by atoms with Crippen LogP contribution in [0.5, 0.6) is 11.5 Å². The highest BCUT2D eigenvalue weighted by Crippen LogP contribution is 2.31. The Morgan fingerprint density at radius 2 is 2.00 bits per heavy atom. The summed E-state index contributed by atoms with van der Waals surface area (Å²) < 4.78 is 7.46. The number of benzene rings is 1. The number of pyridine rings is 1. The Hall–Kier alpha value is -0.580. The van der Waals surface area contributed by atoms with Gasteiger partial charge in [-0.1, -0.05) is 6.07 Å². The van der Waals surface area contributed by atoms with Gasteiger partial charge in [-0.05, 0) is 55.6 Å². The standard InChI is InChI=1S/C12H8Br2ClNO/c13-9-4-10(7-16-6-9)17-12-2-1-8(5-15)3-11(12)14/h1-4,6-7H,5H2. The summed E-state index contributed by atoms with van der Waals surface area (Å²) in [6.07, 6.45) is 3.37. The molecule has 1 aromatic carbocycles. The lowest BCUT2D eigenvalue weighted by atomic mass is 10.2. The maximum Gasteiger partial charge on any atom is 0.146 e. The topological polar surface area (TPSA) is 22.1 Å². The molecule has 2 nitrogen and oxygen atoms in total. The number of aromatic nitrogens is 1. The maximum absolute atomic E-state index is 5.75. The van der Waals surface area contributed by atoms with E-state index in [4.69, 9.17) is 16.3 Å². The Labute approximate surface area is 121 Å². The summed E-state index contributed by atoms with van der Waals surface area (Å²) in [7, 11) is 0. The predicted molar refractivity (Wildman–Crippen MR) is 75.7 cm³/mol. The molecule has 88 valence electrons. The average molecular weight is 377 g/mol. The fourth-order valence-corrected chi connectivity index (χ4v) is 2.30. The van der Waals surface area contributed by atoms with Crippen molar-refractivity contribution < 1.29 is 4.74 Å². The molecular weight excluding hydrogens is 369 g/mol. The lowest BCUT2D eigenvalue weighted by Gasteiger charge is -2.08. The normalized spacial score (nSPS) is 10.3. The van der Waals surface area contributed by atoms with Crippen LogP contribution in [0.3, 0.4) is 0 Å². The molecule has 1 aromatic heterocycles. The van der Waals surface area contributed by atoms with Gasteiger partial charge in [0.1, 0.15) is 11.5 Å². The Balaban J connectivity index is 2.24. The minimum absolute atomic E-state index is 0.483. The minimum atomic E-state index is 0.483. The molecule has 0 amide bonds. The van der Waals surface area contributed by atoms with Crippen LogP contribution in [0.15, 0.2) is 45.6 Å². The number of hydrogen-bond acceptors (Lipinski definition) is 2. The molecule has 0 bridgehead atoms. The molecule has 0 aliphatic heterocycles. The van der Waals surface area contributed by atoms with Crippen molar-refractivity contribution in [1.82, 2.24) is 4.98 Å².